The van der Waals surface area contributed by atoms with E-state index < -0.39 is 4.92 Å². The quantitative estimate of drug-likeness (QED) is 0.217. The number of ether oxygens (including phenoxy) is 3. The summed E-state index contributed by atoms with van der Waals surface area (Å²) < 4.78 is 18.0. The molecule has 0 unspecified atom stereocenters. The van der Waals surface area contributed by atoms with Gasteiger partial charge in [-0.2, -0.15) is 0 Å². The van der Waals surface area contributed by atoms with Gasteiger partial charge in [0.15, 0.2) is 22.5 Å². The van der Waals surface area contributed by atoms with Crippen molar-refractivity contribution in [2.24, 2.45) is 0 Å². The van der Waals surface area contributed by atoms with Gasteiger partial charge in [-0.25, -0.2) is 0 Å². The van der Waals surface area contributed by atoms with Crippen LogP contribution in [0.1, 0.15) is 38.1 Å². The van der Waals surface area contributed by atoms with E-state index in [2.05, 4.69) is 20.1 Å². The summed E-state index contributed by atoms with van der Waals surface area (Å²) in [6, 6.07) is 10.1. The second kappa shape index (κ2) is 12.0. The van der Waals surface area contributed by atoms with E-state index >= 15 is 0 Å². The van der Waals surface area contributed by atoms with Gasteiger partial charge in [0.05, 0.1) is 38.1 Å². The van der Waals surface area contributed by atoms with Gasteiger partial charge in [0.2, 0.25) is 5.91 Å². The molecule has 0 saturated heterocycles. The molecule has 2 aromatic carbocycles. The summed E-state index contributed by atoms with van der Waals surface area (Å²) in [4.78, 5) is 23.7. The largest absolute Gasteiger partial charge is 0.496 e. The van der Waals surface area contributed by atoms with E-state index in [1.54, 1.807) is 20.3 Å². The van der Waals surface area contributed by atoms with Gasteiger partial charge in [0, 0.05) is 11.6 Å². The lowest BCUT2D eigenvalue weighted by atomic mass is 9.95. The highest BCUT2D eigenvalue weighted by Crippen LogP contribution is 2.38. The van der Waals surface area contributed by atoms with Gasteiger partial charge in [-0.15, -0.1) is 10.2 Å². The molecule has 1 fully saturated rings. The summed E-state index contributed by atoms with van der Waals surface area (Å²) in [5, 5.41) is 23.6. The van der Waals surface area contributed by atoms with Crippen molar-refractivity contribution in [3.8, 4) is 28.6 Å². The number of aromatic nitrogens is 3. The fourth-order valence-electron chi connectivity index (χ4n) is 4.43. The number of hydrogen-bond acceptors (Lipinski definition) is 9. The Balaban J connectivity index is 1.57. The number of amides is 1. The zero-order valence-electron chi connectivity index (χ0n) is 20.9. The van der Waals surface area contributed by atoms with Crippen LogP contribution in [0.5, 0.6) is 17.2 Å². The first kappa shape index (κ1) is 26.3. The molecule has 12 heteroatoms. The van der Waals surface area contributed by atoms with Gasteiger partial charge in [0.1, 0.15) is 11.4 Å². The van der Waals surface area contributed by atoms with Crippen molar-refractivity contribution in [2.75, 3.05) is 32.4 Å². The third kappa shape index (κ3) is 5.96. The molecule has 4 rings (SSSR count). The molecular weight excluding hydrogens is 498 g/mol. The molecule has 11 nitrogen and oxygen atoms in total. The Morgan fingerprint density at radius 3 is 2.49 bits per heavy atom. The minimum atomic E-state index is -0.555. The summed E-state index contributed by atoms with van der Waals surface area (Å²) in [7, 11) is 4.59. The Morgan fingerprint density at radius 1 is 1.05 bits per heavy atom. The summed E-state index contributed by atoms with van der Waals surface area (Å²) in [6.07, 6.45) is 5.40. The standard InChI is InChI=1S/C25H29N5O6S/c1-34-18-10-11-19(20(14-18)30(32)33)26-23(31)15-37-25-28-27-24(29(25)17-7-5-4-6-8-17)16-9-12-21(35-2)22(13-16)36-3/h9-14,17H,4-8,15H2,1-3H3,(H,26,31). The monoisotopic (exact) mass is 527 g/mol. The van der Waals surface area contributed by atoms with E-state index in [0.29, 0.717) is 28.2 Å². The summed E-state index contributed by atoms with van der Waals surface area (Å²) in [5.41, 5.74) is 0.704. The van der Waals surface area contributed by atoms with Gasteiger partial charge in [-0.3, -0.25) is 19.5 Å². The van der Waals surface area contributed by atoms with Crippen LogP contribution in [0.3, 0.4) is 0 Å². The maximum Gasteiger partial charge on any atom is 0.296 e. The second-order valence-corrected chi connectivity index (χ2v) is 9.46. The Hall–Kier alpha value is -3.80. The van der Waals surface area contributed by atoms with Crippen molar-refractivity contribution in [2.45, 2.75) is 43.3 Å². The average Bonchev–Trinajstić information content (AvgIpc) is 3.36. The predicted octanol–water partition coefficient (Wildman–Crippen LogP) is 5.12. The van der Waals surface area contributed by atoms with Crippen LogP contribution in [0.15, 0.2) is 41.6 Å². The minimum Gasteiger partial charge on any atom is -0.496 e. The number of carbonyl (C=O) groups excluding carboxylic acids is 1. The van der Waals surface area contributed by atoms with Crippen molar-refractivity contribution < 1.29 is 23.9 Å². The highest BCUT2D eigenvalue weighted by molar-refractivity contribution is 7.99. The SMILES string of the molecule is COc1ccc(NC(=O)CSc2nnc(-c3ccc(OC)c(OC)c3)n2C2CCCCC2)c([N+](=O)[O-])c1. The van der Waals surface area contributed by atoms with Gasteiger partial charge < -0.3 is 19.5 Å². The van der Waals surface area contributed by atoms with Crippen LogP contribution >= 0.6 is 11.8 Å². The number of nitrogens with one attached hydrogen (secondary N) is 1. The molecular formula is C25H29N5O6S. The number of rotatable bonds is 10. The Kier molecular flexibility index (Phi) is 8.49. The fourth-order valence-corrected chi connectivity index (χ4v) is 5.23. The van der Waals surface area contributed by atoms with Gasteiger partial charge >= 0.3 is 0 Å². The number of methoxy groups -OCH3 is 3. The molecule has 37 heavy (non-hydrogen) atoms. The number of hydrogen-bond donors (Lipinski definition) is 1. The average molecular weight is 528 g/mol. The van der Waals surface area contributed by atoms with E-state index in [0.717, 1.165) is 31.2 Å². The van der Waals surface area contributed by atoms with Gasteiger partial charge in [0.25, 0.3) is 5.69 Å². The van der Waals surface area contributed by atoms with Crippen LogP contribution in [0.25, 0.3) is 11.4 Å². The third-order valence-corrected chi connectivity index (χ3v) is 7.20. The van der Waals surface area contributed by atoms with Crippen molar-refractivity contribution in [1.82, 2.24) is 14.8 Å². The number of carbonyl (C=O) groups is 1. The lowest BCUT2D eigenvalue weighted by Crippen LogP contribution is -2.18. The van der Waals surface area contributed by atoms with Crippen LogP contribution < -0.4 is 19.5 Å². The van der Waals surface area contributed by atoms with Gasteiger partial charge in [-0.05, 0) is 43.2 Å². The fraction of sp³-hybridized carbons (Fsp3) is 0.400. The zero-order chi connectivity index (χ0) is 26.4. The van der Waals surface area contributed by atoms with Gasteiger partial charge in [-0.1, -0.05) is 31.0 Å². The van der Waals surface area contributed by atoms with Crippen molar-refractivity contribution in [3.63, 3.8) is 0 Å². The summed E-state index contributed by atoms with van der Waals surface area (Å²) >= 11 is 1.25. The molecule has 0 radical (unpaired) electrons. The molecule has 1 N–H and O–H groups in total. The number of anilines is 1. The molecule has 0 atom stereocenters. The number of nitro groups is 1. The van der Waals surface area contributed by atoms with Crippen LogP contribution in [0, 0.1) is 10.1 Å². The molecule has 1 aliphatic carbocycles. The molecule has 1 aliphatic rings. The highest BCUT2D eigenvalue weighted by atomic mass is 32.2. The predicted molar refractivity (Wildman–Crippen MR) is 140 cm³/mol. The van der Waals surface area contributed by atoms with Crippen LogP contribution in [-0.2, 0) is 4.79 Å². The molecule has 0 spiro atoms. The van der Waals surface area contributed by atoms with E-state index in [4.69, 9.17) is 14.2 Å². The highest BCUT2D eigenvalue weighted by Gasteiger charge is 2.25. The molecule has 1 amide bonds. The molecule has 0 bridgehead atoms. The third-order valence-electron chi connectivity index (χ3n) is 6.25. The summed E-state index contributed by atoms with van der Waals surface area (Å²) in [6.45, 7) is 0. The van der Waals surface area contributed by atoms with Crippen molar-refractivity contribution >= 4 is 29.0 Å². The van der Waals surface area contributed by atoms with Crippen LogP contribution in [0.4, 0.5) is 11.4 Å². The molecule has 196 valence electrons. The second-order valence-electron chi connectivity index (χ2n) is 8.51. The maximum atomic E-state index is 12.8. The van der Waals surface area contributed by atoms with E-state index in [1.807, 2.05) is 18.2 Å². The smallest absolute Gasteiger partial charge is 0.296 e. The normalized spacial score (nSPS) is 13.7. The minimum absolute atomic E-state index is 0.0139. The molecule has 1 heterocycles. The van der Waals surface area contributed by atoms with Crippen molar-refractivity contribution in [1.29, 1.82) is 0 Å². The lowest BCUT2D eigenvalue weighted by Gasteiger charge is -2.25. The van der Waals surface area contributed by atoms with Crippen LogP contribution in [0.2, 0.25) is 0 Å². The Labute approximate surface area is 218 Å². The molecule has 0 aliphatic heterocycles. The van der Waals surface area contributed by atoms with E-state index in [9.17, 15) is 14.9 Å². The first-order valence-corrected chi connectivity index (χ1v) is 12.9. The molecule has 3 aromatic rings. The number of nitro benzene ring substituents is 1. The zero-order valence-corrected chi connectivity index (χ0v) is 21.7. The molecule has 1 aromatic heterocycles. The van der Waals surface area contributed by atoms with E-state index in [-0.39, 0.29) is 29.1 Å². The topological polar surface area (TPSA) is 131 Å². The lowest BCUT2D eigenvalue weighted by molar-refractivity contribution is -0.384. The Morgan fingerprint density at radius 2 is 1.81 bits per heavy atom. The van der Waals surface area contributed by atoms with Crippen LogP contribution in [-0.4, -0.2) is 52.7 Å². The number of thioether (sulfide) groups is 1. The summed E-state index contributed by atoms with van der Waals surface area (Å²) in [5.74, 6) is 1.87. The number of benzene rings is 2. The Bertz CT molecular complexity index is 1270. The first-order chi connectivity index (χ1) is 17.9. The van der Waals surface area contributed by atoms with Crippen molar-refractivity contribution in [3.05, 3.63) is 46.5 Å². The molecule has 1 saturated carbocycles. The maximum absolute atomic E-state index is 12.8. The van der Waals surface area contributed by atoms with E-state index in [1.165, 1.54) is 37.4 Å². The first-order valence-electron chi connectivity index (χ1n) is 11.9. The number of nitrogens with zero attached hydrogens (tertiary/aromatic N) is 4.